The number of hydrogen-bond acceptors (Lipinski definition) is 8. The number of amides is 2. The first kappa shape index (κ1) is 25.8. The van der Waals surface area contributed by atoms with Crippen LogP contribution >= 0.6 is 11.8 Å². The number of thioether (sulfide) groups is 1. The standard InChI is InChI=1S/C27H24N2O7S/c1-34-21-12-9-17(13-22(21)35-2)20(30)15-36-27(33)16-7-10-18(11-8-16)28-25(31)14-24-26(32)29-19-5-3-4-6-23(19)37-24/h3-13,24H,14-15H2,1-2H3,(H,28,31)(H,29,32). The Morgan fingerprint density at radius 3 is 2.35 bits per heavy atom. The lowest BCUT2D eigenvalue weighted by Gasteiger charge is -2.23. The number of ether oxygens (including phenoxy) is 3. The predicted molar refractivity (Wildman–Crippen MR) is 139 cm³/mol. The third-order valence-electron chi connectivity index (χ3n) is 5.52. The number of esters is 1. The van der Waals surface area contributed by atoms with Crippen molar-refractivity contribution in [1.29, 1.82) is 0 Å². The summed E-state index contributed by atoms with van der Waals surface area (Å²) in [7, 11) is 2.95. The monoisotopic (exact) mass is 520 g/mol. The van der Waals surface area contributed by atoms with Crippen LogP contribution in [0, 0.1) is 0 Å². The lowest BCUT2D eigenvalue weighted by Crippen LogP contribution is -2.32. The summed E-state index contributed by atoms with van der Waals surface area (Å²) in [5.41, 5.74) is 1.74. The van der Waals surface area contributed by atoms with Crippen molar-refractivity contribution < 1.29 is 33.4 Å². The van der Waals surface area contributed by atoms with Crippen molar-refractivity contribution in [2.75, 3.05) is 31.5 Å². The molecule has 2 amide bonds. The molecule has 0 aromatic heterocycles. The van der Waals surface area contributed by atoms with Crippen molar-refractivity contribution >= 4 is 46.7 Å². The first-order valence-corrected chi connectivity index (χ1v) is 12.1. The van der Waals surface area contributed by atoms with Crippen LogP contribution in [-0.4, -0.2) is 49.6 Å². The van der Waals surface area contributed by atoms with Crippen LogP contribution in [0.15, 0.2) is 71.6 Å². The van der Waals surface area contributed by atoms with Crippen molar-refractivity contribution in [3.05, 3.63) is 77.9 Å². The topological polar surface area (TPSA) is 120 Å². The lowest BCUT2D eigenvalue weighted by atomic mass is 10.1. The number of hydrogen-bond donors (Lipinski definition) is 2. The number of nitrogens with one attached hydrogen (secondary N) is 2. The predicted octanol–water partition coefficient (Wildman–Crippen LogP) is 4.19. The summed E-state index contributed by atoms with van der Waals surface area (Å²) in [6, 6.07) is 18.2. The summed E-state index contributed by atoms with van der Waals surface area (Å²) < 4.78 is 15.5. The molecular formula is C27H24N2O7S. The van der Waals surface area contributed by atoms with Gasteiger partial charge in [0.15, 0.2) is 23.9 Å². The first-order chi connectivity index (χ1) is 17.9. The fourth-order valence-electron chi connectivity index (χ4n) is 3.60. The van der Waals surface area contributed by atoms with Gasteiger partial charge in [0.05, 0.1) is 30.7 Å². The van der Waals surface area contributed by atoms with Crippen LogP contribution in [-0.2, 0) is 14.3 Å². The van der Waals surface area contributed by atoms with Gasteiger partial charge in [0.1, 0.15) is 0 Å². The third-order valence-corrected chi connectivity index (χ3v) is 6.80. The molecular weight excluding hydrogens is 496 g/mol. The highest BCUT2D eigenvalue weighted by atomic mass is 32.2. The second kappa shape index (κ2) is 11.6. The van der Waals surface area contributed by atoms with Gasteiger partial charge < -0.3 is 24.8 Å². The molecule has 9 nitrogen and oxygen atoms in total. The number of para-hydroxylation sites is 1. The summed E-state index contributed by atoms with van der Waals surface area (Å²) in [4.78, 5) is 50.6. The number of carbonyl (C=O) groups is 4. The molecule has 10 heteroatoms. The Morgan fingerprint density at radius 2 is 1.62 bits per heavy atom. The maximum absolute atomic E-state index is 12.5. The van der Waals surface area contributed by atoms with Gasteiger partial charge in [0.25, 0.3) is 0 Å². The van der Waals surface area contributed by atoms with Gasteiger partial charge in [-0.3, -0.25) is 14.4 Å². The van der Waals surface area contributed by atoms with Crippen LogP contribution in [0.1, 0.15) is 27.1 Å². The zero-order valence-electron chi connectivity index (χ0n) is 20.1. The summed E-state index contributed by atoms with van der Waals surface area (Å²) in [6.45, 7) is -0.447. The average molecular weight is 521 g/mol. The van der Waals surface area contributed by atoms with E-state index in [1.807, 2.05) is 24.3 Å². The molecule has 0 radical (unpaired) electrons. The third kappa shape index (κ3) is 6.28. The van der Waals surface area contributed by atoms with Crippen molar-refractivity contribution in [2.45, 2.75) is 16.6 Å². The molecule has 3 aromatic rings. The van der Waals surface area contributed by atoms with E-state index in [0.717, 1.165) is 10.6 Å². The Kier molecular flexibility index (Phi) is 8.09. The minimum atomic E-state index is -0.680. The SMILES string of the molecule is COc1ccc(C(=O)COC(=O)c2ccc(NC(=O)CC3Sc4ccccc4NC3=O)cc2)cc1OC. The van der Waals surface area contributed by atoms with E-state index >= 15 is 0 Å². The quantitative estimate of drug-likeness (QED) is 0.318. The molecule has 1 aliphatic heterocycles. The highest BCUT2D eigenvalue weighted by Crippen LogP contribution is 2.36. The van der Waals surface area contributed by atoms with Gasteiger partial charge in [-0.15, -0.1) is 11.8 Å². The van der Waals surface area contributed by atoms with Gasteiger partial charge in [-0.1, -0.05) is 12.1 Å². The molecule has 190 valence electrons. The number of methoxy groups -OCH3 is 2. The van der Waals surface area contributed by atoms with Crippen LogP contribution in [0.4, 0.5) is 11.4 Å². The van der Waals surface area contributed by atoms with Gasteiger partial charge in [-0.2, -0.15) is 0 Å². The fourth-order valence-corrected chi connectivity index (χ4v) is 4.71. The van der Waals surface area contributed by atoms with Gasteiger partial charge in [0.2, 0.25) is 11.8 Å². The van der Waals surface area contributed by atoms with Gasteiger partial charge in [-0.25, -0.2) is 4.79 Å². The Hall–Kier alpha value is -4.31. The minimum absolute atomic E-state index is 0.00706. The number of ketones is 1. The molecule has 0 fully saturated rings. The minimum Gasteiger partial charge on any atom is -0.493 e. The maximum atomic E-state index is 12.5. The van der Waals surface area contributed by atoms with Crippen molar-refractivity contribution in [2.24, 2.45) is 0 Å². The average Bonchev–Trinajstić information content (AvgIpc) is 2.91. The molecule has 0 spiro atoms. The van der Waals surface area contributed by atoms with E-state index in [2.05, 4.69) is 10.6 Å². The molecule has 1 aliphatic rings. The molecule has 1 heterocycles. The van der Waals surface area contributed by atoms with E-state index in [9.17, 15) is 19.2 Å². The van der Waals surface area contributed by atoms with Gasteiger partial charge in [0, 0.05) is 22.6 Å². The number of fused-ring (bicyclic) bond motifs is 1. The van der Waals surface area contributed by atoms with Crippen LogP contribution in [0.3, 0.4) is 0 Å². The molecule has 0 aliphatic carbocycles. The van der Waals surface area contributed by atoms with E-state index < -0.39 is 23.6 Å². The number of anilines is 2. The van der Waals surface area contributed by atoms with Crippen LogP contribution in [0.2, 0.25) is 0 Å². The summed E-state index contributed by atoms with van der Waals surface area (Å²) in [5.74, 6) is -0.757. The number of Topliss-reactive ketones (excluding diaryl/α,β-unsaturated/α-hetero) is 1. The molecule has 1 atom stereocenters. The summed E-state index contributed by atoms with van der Waals surface area (Å²) in [5, 5.41) is 5.00. The van der Waals surface area contributed by atoms with E-state index in [1.165, 1.54) is 44.2 Å². The summed E-state index contributed by atoms with van der Waals surface area (Å²) >= 11 is 1.35. The van der Waals surface area contributed by atoms with Crippen molar-refractivity contribution in [1.82, 2.24) is 0 Å². The molecule has 1 unspecified atom stereocenters. The maximum Gasteiger partial charge on any atom is 0.338 e. The lowest BCUT2D eigenvalue weighted by molar-refractivity contribution is -0.120. The normalized spacial score (nSPS) is 14.1. The van der Waals surface area contributed by atoms with E-state index in [1.54, 1.807) is 24.3 Å². The van der Waals surface area contributed by atoms with Crippen molar-refractivity contribution in [3.8, 4) is 11.5 Å². The second-order valence-electron chi connectivity index (χ2n) is 7.99. The summed E-state index contributed by atoms with van der Waals surface area (Å²) in [6.07, 6.45) is -0.00706. The van der Waals surface area contributed by atoms with Gasteiger partial charge in [-0.05, 0) is 54.6 Å². The van der Waals surface area contributed by atoms with Gasteiger partial charge >= 0.3 is 5.97 Å². The first-order valence-electron chi connectivity index (χ1n) is 11.3. The Morgan fingerprint density at radius 1 is 0.919 bits per heavy atom. The smallest absolute Gasteiger partial charge is 0.338 e. The van der Waals surface area contributed by atoms with E-state index in [0.29, 0.717) is 22.7 Å². The molecule has 0 bridgehead atoms. The number of benzene rings is 3. The molecule has 0 saturated heterocycles. The molecule has 2 N–H and O–H groups in total. The van der Waals surface area contributed by atoms with Crippen LogP contribution < -0.4 is 20.1 Å². The van der Waals surface area contributed by atoms with Crippen molar-refractivity contribution in [3.63, 3.8) is 0 Å². The Balaban J connectivity index is 1.28. The fraction of sp³-hybridized carbons (Fsp3) is 0.185. The molecule has 4 rings (SSSR count). The number of rotatable bonds is 9. The number of carbonyl (C=O) groups excluding carboxylic acids is 4. The highest BCUT2D eigenvalue weighted by Gasteiger charge is 2.28. The molecule has 3 aromatic carbocycles. The zero-order valence-corrected chi connectivity index (χ0v) is 20.9. The largest absolute Gasteiger partial charge is 0.493 e. The highest BCUT2D eigenvalue weighted by molar-refractivity contribution is 8.01. The molecule has 37 heavy (non-hydrogen) atoms. The van der Waals surface area contributed by atoms with E-state index in [4.69, 9.17) is 14.2 Å². The Labute approximate surface area is 217 Å². The van der Waals surface area contributed by atoms with Crippen LogP contribution in [0.5, 0.6) is 11.5 Å². The van der Waals surface area contributed by atoms with E-state index in [-0.39, 0.29) is 23.8 Å². The van der Waals surface area contributed by atoms with Crippen LogP contribution in [0.25, 0.3) is 0 Å². The molecule has 0 saturated carbocycles. The zero-order chi connectivity index (χ0) is 26.4. The second-order valence-corrected chi connectivity index (χ2v) is 9.24. The Bertz CT molecular complexity index is 1340.